The number of nitrogens with zero attached hydrogens (tertiary/aromatic N) is 2. The van der Waals surface area contributed by atoms with Gasteiger partial charge in [0.25, 0.3) is 5.91 Å². The molecule has 1 aromatic rings. The lowest BCUT2D eigenvalue weighted by Gasteiger charge is -2.11. The summed E-state index contributed by atoms with van der Waals surface area (Å²) in [6, 6.07) is 1.42. The quantitative estimate of drug-likeness (QED) is 0.638. The number of rotatable bonds is 4. The van der Waals surface area contributed by atoms with Gasteiger partial charge in [-0.25, -0.2) is 4.98 Å². The molecular weight excluding hydrogens is 222 g/mol. The van der Waals surface area contributed by atoms with E-state index in [4.69, 9.17) is 11.5 Å². The first-order chi connectivity index (χ1) is 7.91. The average Bonchev–Trinajstić information content (AvgIpc) is 2.26. The van der Waals surface area contributed by atoms with E-state index in [-0.39, 0.29) is 23.7 Å². The lowest BCUT2D eigenvalue weighted by Crippen LogP contribution is -2.29. The van der Waals surface area contributed by atoms with E-state index in [1.807, 2.05) is 0 Å². The first kappa shape index (κ1) is 12.8. The van der Waals surface area contributed by atoms with Crippen LogP contribution in [-0.2, 0) is 4.79 Å². The van der Waals surface area contributed by atoms with E-state index >= 15 is 0 Å². The molecule has 92 valence electrons. The van der Waals surface area contributed by atoms with Crippen molar-refractivity contribution in [1.29, 1.82) is 0 Å². The maximum Gasteiger partial charge on any atom is 0.250 e. The summed E-state index contributed by atoms with van der Waals surface area (Å²) in [5.41, 5.74) is 11.1. The minimum atomic E-state index is -0.633. The molecule has 17 heavy (non-hydrogen) atoms. The highest BCUT2D eigenvalue weighted by Gasteiger charge is 2.09. The Kier molecular flexibility index (Phi) is 3.86. The van der Waals surface area contributed by atoms with Crippen molar-refractivity contribution in [3.63, 3.8) is 0 Å². The number of primary amides is 1. The van der Waals surface area contributed by atoms with Crippen LogP contribution >= 0.6 is 0 Å². The number of pyridine rings is 1. The lowest BCUT2D eigenvalue weighted by atomic mass is 10.2. The first-order valence-electron chi connectivity index (χ1n) is 4.91. The third-order valence-electron chi connectivity index (χ3n) is 2.12. The highest BCUT2D eigenvalue weighted by Crippen LogP contribution is 2.13. The molecule has 0 atom stereocenters. The molecule has 1 rings (SSSR count). The van der Waals surface area contributed by atoms with Gasteiger partial charge in [0.1, 0.15) is 5.82 Å². The number of hydrogen-bond donors (Lipinski definition) is 3. The molecular formula is C10H15N5O2. The molecule has 0 spiro atoms. The molecule has 5 N–H and O–H groups in total. The Balaban J connectivity index is 2.76. The normalized spacial score (nSPS) is 9.76. The van der Waals surface area contributed by atoms with E-state index in [0.29, 0.717) is 5.82 Å². The molecule has 0 radical (unpaired) electrons. The van der Waals surface area contributed by atoms with Gasteiger partial charge in [0, 0.05) is 14.1 Å². The van der Waals surface area contributed by atoms with Gasteiger partial charge >= 0.3 is 0 Å². The van der Waals surface area contributed by atoms with Gasteiger partial charge in [0.05, 0.1) is 24.0 Å². The van der Waals surface area contributed by atoms with E-state index in [2.05, 4.69) is 10.3 Å². The average molecular weight is 237 g/mol. The molecule has 7 nitrogen and oxygen atoms in total. The summed E-state index contributed by atoms with van der Waals surface area (Å²) in [7, 11) is 3.30. The number of aromatic nitrogens is 1. The Morgan fingerprint density at radius 3 is 2.65 bits per heavy atom. The van der Waals surface area contributed by atoms with Crippen molar-refractivity contribution in [3.05, 3.63) is 17.8 Å². The predicted molar refractivity (Wildman–Crippen MR) is 64.4 cm³/mol. The van der Waals surface area contributed by atoms with Crippen molar-refractivity contribution in [1.82, 2.24) is 9.88 Å². The van der Waals surface area contributed by atoms with Crippen LogP contribution in [0.25, 0.3) is 0 Å². The summed E-state index contributed by atoms with van der Waals surface area (Å²) in [5, 5.41) is 2.78. The third kappa shape index (κ3) is 3.33. The monoisotopic (exact) mass is 237 g/mol. The summed E-state index contributed by atoms with van der Waals surface area (Å²) < 4.78 is 0. The summed E-state index contributed by atoms with van der Waals surface area (Å²) in [4.78, 5) is 27.7. The fraction of sp³-hybridized carbons (Fsp3) is 0.300. The molecule has 0 aromatic carbocycles. The molecule has 0 aliphatic rings. The maximum absolute atomic E-state index is 11.3. The molecule has 0 unspecified atom stereocenters. The van der Waals surface area contributed by atoms with Crippen molar-refractivity contribution < 1.29 is 9.59 Å². The van der Waals surface area contributed by atoms with Gasteiger partial charge in [-0.1, -0.05) is 0 Å². The minimum absolute atomic E-state index is 0.0854. The van der Waals surface area contributed by atoms with Crippen molar-refractivity contribution in [2.45, 2.75) is 0 Å². The van der Waals surface area contributed by atoms with E-state index in [0.717, 1.165) is 0 Å². The van der Waals surface area contributed by atoms with Crippen LogP contribution in [0.15, 0.2) is 12.3 Å². The number of anilines is 2. The van der Waals surface area contributed by atoms with E-state index < -0.39 is 5.91 Å². The van der Waals surface area contributed by atoms with E-state index in [1.165, 1.54) is 17.2 Å². The van der Waals surface area contributed by atoms with Gasteiger partial charge in [-0.3, -0.25) is 9.59 Å². The summed E-state index contributed by atoms with van der Waals surface area (Å²) >= 11 is 0. The Hall–Kier alpha value is -2.31. The second kappa shape index (κ2) is 5.15. The second-order valence-electron chi connectivity index (χ2n) is 3.66. The first-order valence-corrected chi connectivity index (χ1v) is 4.91. The van der Waals surface area contributed by atoms with Crippen molar-refractivity contribution in [2.24, 2.45) is 5.73 Å². The van der Waals surface area contributed by atoms with Gasteiger partial charge in [-0.15, -0.1) is 0 Å². The third-order valence-corrected chi connectivity index (χ3v) is 2.12. The minimum Gasteiger partial charge on any atom is -0.397 e. The highest BCUT2D eigenvalue weighted by atomic mass is 16.2. The lowest BCUT2D eigenvalue weighted by molar-refractivity contribution is -0.126. The zero-order valence-electron chi connectivity index (χ0n) is 9.73. The molecule has 1 heterocycles. The fourth-order valence-electron chi connectivity index (χ4n) is 1.10. The molecule has 0 aliphatic heterocycles. The van der Waals surface area contributed by atoms with Gasteiger partial charge in [0.15, 0.2) is 0 Å². The molecule has 0 saturated carbocycles. The number of nitrogens with two attached hydrogens (primary N) is 2. The molecule has 0 bridgehead atoms. The number of carbonyl (C=O) groups is 2. The summed E-state index contributed by atoms with van der Waals surface area (Å²) in [6.07, 6.45) is 1.32. The van der Waals surface area contributed by atoms with Crippen molar-refractivity contribution in [2.75, 3.05) is 31.7 Å². The van der Waals surface area contributed by atoms with Crippen LogP contribution in [0.3, 0.4) is 0 Å². The Bertz CT molecular complexity index is 444. The van der Waals surface area contributed by atoms with Crippen LogP contribution in [0.1, 0.15) is 10.4 Å². The molecule has 1 aromatic heterocycles. The summed E-state index contributed by atoms with van der Waals surface area (Å²) in [5.74, 6) is -0.362. The van der Waals surface area contributed by atoms with E-state index in [9.17, 15) is 9.59 Å². The molecule has 0 aliphatic carbocycles. The Morgan fingerprint density at radius 2 is 2.12 bits per heavy atom. The molecule has 7 heteroatoms. The number of hydrogen-bond acceptors (Lipinski definition) is 5. The zero-order chi connectivity index (χ0) is 13.0. The number of nitrogens with one attached hydrogen (secondary N) is 1. The van der Waals surface area contributed by atoms with Gasteiger partial charge < -0.3 is 21.7 Å². The van der Waals surface area contributed by atoms with Crippen LogP contribution < -0.4 is 16.8 Å². The SMILES string of the molecule is CN(C)C(=O)CNc1cc(C(N)=O)c(N)cn1. The largest absolute Gasteiger partial charge is 0.397 e. The molecule has 0 fully saturated rings. The Morgan fingerprint density at radius 1 is 1.47 bits per heavy atom. The van der Waals surface area contributed by atoms with Crippen LogP contribution in [0.4, 0.5) is 11.5 Å². The fourth-order valence-corrected chi connectivity index (χ4v) is 1.10. The van der Waals surface area contributed by atoms with Gasteiger partial charge in [0.2, 0.25) is 5.91 Å². The van der Waals surface area contributed by atoms with Crippen LogP contribution in [0, 0.1) is 0 Å². The van der Waals surface area contributed by atoms with Gasteiger partial charge in [-0.05, 0) is 6.07 Å². The number of carbonyl (C=O) groups excluding carboxylic acids is 2. The Labute approximate surface area is 98.8 Å². The summed E-state index contributed by atoms with van der Waals surface area (Å²) in [6.45, 7) is 0.0854. The van der Waals surface area contributed by atoms with Crippen LogP contribution in [0.2, 0.25) is 0 Å². The van der Waals surface area contributed by atoms with Crippen molar-refractivity contribution in [3.8, 4) is 0 Å². The van der Waals surface area contributed by atoms with Gasteiger partial charge in [-0.2, -0.15) is 0 Å². The van der Waals surface area contributed by atoms with E-state index in [1.54, 1.807) is 14.1 Å². The standard InChI is InChI=1S/C10H15N5O2/c1-15(2)9(16)5-14-8-3-6(10(12)17)7(11)4-13-8/h3-4H,5,11H2,1-2H3,(H2,12,17)(H,13,14). The molecule has 2 amide bonds. The zero-order valence-corrected chi connectivity index (χ0v) is 9.73. The maximum atomic E-state index is 11.3. The highest BCUT2D eigenvalue weighted by molar-refractivity contribution is 5.98. The topological polar surface area (TPSA) is 114 Å². The smallest absolute Gasteiger partial charge is 0.250 e. The van der Waals surface area contributed by atoms with Crippen LogP contribution in [0.5, 0.6) is 0 Å². The second-order valence-corrected chi connectivity index (χ2v) is 3.66. The number of likely N-dealkylation sites (N-methyl/N-ethyl adjacent to an activating group) is 1. The van der Waals surface area contributed by atoms with Crippen LogP contribution in [-0.4, -0.2) is 42.3 Å². The number of amides is 2. The van der Waals surface area contributed by atoms with Crippen molar-refractivity contribution >= 4 is 23.3 Å². The number of nitrogen functional groups attached to an aromatic ring is 1. The predicted octanol–water partition coefficient (Wildman–Crippen LogP) is -0.737. The molecule has 0 saturated heterocycles.